The summed E-state index contributed by atoms with van der Waals surface area (Å²) in [6.07, 6.45) is 0.755. The SMILES string of the molecule is CCOC(=O)C(=O)C=C(O)c1ccc(OCC(=O)O)cc1. The molecule has 0 fully saturated rings. The van der Waals surface area contributed by atoms with Gasteiger partial charge in [-0.3, -0.25) is 4.79 Å². The van der Waals surface area contributed by atoms with Crippen molar-refractivity contribution in [1.82, 2.24) is 0 Å². The van der Waals surface area contributed by atoms with Crippen LogP contribution in [0.3, 0.4) is 0 Å². The molecule has 1 aromatic carbocycles. The Hall–Kier alpha value is -2.83. The number of carbonyl (C=O) groups excluding carboxylic acids is 2. The van der Waals surface area contributed by atoms with Gasteiger partial charge < -0.3 is 19.7 Å². The first-order chi connectivity index (χ1) is 9.93. The first-order valence-electron chi connectivity index (χ1n) is 6.00. The summed E-state index contributed by atoms with van der Waals surface area (Å²) in [5.74, 6) is -3.24. The number of carboxylic acids is 1. The molecule has 1 aromatic rings. The predicted molar refractivity (Wildman–Crippen MR) is 71.8 cm³/mol. The number of benzene rings is 1. The van der Waals surface area contributed by atoms with Gasteiger partial charge in [-0.25, -0.2) is 9.59 Å². The summed E-state index contributed by atoms with van der Waals surface area (Å²) in [6.45, 7) is 1.14. The number of hydrogen-bond donors (Lipinski definition) is 2. The lowest BCUT2D eigenvalue weighted by molar-refractivity contribution is -0.151. The molecular formula is C14H14O7. The van der Waals surface area contributed by atoms with E-state index in [1.165, 1.54) is 24.3 Å². The average Bonchev–Trinajstić information content (AvgIpc) is 2.45. The molecule has 7 nitrogen and oxygen atoms in total. The monoisotopic (exact) mass is 294 g/mol. The number of esters is 1. The minimum Gasteiger partial charge on any atom is -0.507 e. The lowest BCUT2D eigenvalue weighted by Crippen LogP contribution is -2.15. The van der Waals surface area contributed by atoms with Crippen molar-refractivity contribution in [3.63, 3.8) is 0 Å². The number of ether oxygens (including phenoxy) is 2. The number of hydrogen-bond acceptors (Lipinski definition) is 6. The van der Waals surface area contributed by atoms with Gasteiger partial charge in [-0.1, -0.05) is 0 Å². The zero-order chi connectivity index (χ0) is 15.8. The van der Waals surface area contributed by atoms with Gasteiger partial charge in [0.2, 0.25) is 0 Å². The summed E-state index contributed by atoms with van der Waals surface area (Å²) in [6, 6.07) is 5.69. The molecule has 0 aliphatic carbocycles. The third-order valence-electron chi connectivity index (χ3n) is 2.26. The fourth-order valence-electron chi connectivity index (χ4n) is 1.34. The Bertz CT molecular complexity index is 557. The van der Waals surface area contributed by atoms with Gasteiger partial charge in [-0.2, -0.15) is 0 Å². The summed E-state index contributed by atoms with van der Waals surface area (Å²) < 4.78 is 9.41. The minimum atomic E-state index is -1.11. The van der Waals surface area contributed by atoms with Gasteiger partial charge in [0, 0.05) is 11.6 Å². The number of aliphatic carboxylic acids is 1. The van der Waals surface area contributed by atoms with Crippen LogP contribution in [0, 0.1) is 0 Å². The molecule has 0 aliphatic heterocycles. The number of carboxylic acid groups (broad SMARTS) is 1. The third-order valence-corrected chi connectivity index (χ3v) is 2.26. The lowest BCUT2D eigenvalue weighted by atomic mass is 10.1. The Morgan fingerprint density at radius 2 is 1.76 bits per heavy atom. The maximum Gasteiger partial charge on any atom is 0.379 e. The number of aliphatic hydroxyl groups excluding tert-OH is 1. The molecule has 0 saturated carbocycles. The molecule has 0 spiro atoms. The number of carbonyl (C=O) groups is 3. The minimum absolute atomic E-state index is 0.0643. The maximum atomic E-state index is 11.4. The Morgan fingerprint density at radius 1 is 1.14 bits per heavy atom. The molecule has 0 amide bonds. The number of ketones is 1. The summed E-state index contributed by atoms with van der Waals surface area (Å²) in [5.41, 5.74) is 0.273. The van der Waals surface area contributed by atoms with Crippen molar-refractivity contribution < 1.29 is 34.1 Å². The van der Waals surface area contributed by atoms with Crippen molar-refractivity contribution in [1.29, 1.82) is 0 Å². The van der Waals surface area contributed by atoms with Gasteiger partial charge in [0.05, 0.1) is 6.61 Å². The van der Waals surface area contributed by atoms with E-state index in [1.807, 2.05) is 0 Å². The summed E-state index contributed by atoms with van der Waals surface area (Å²) in [4.78, 5) is 32.8. The van der Waals surface area contributed by atoms with Gasteiger partial charge in [-0.05, 0) is 31.2 Å². The van der Waals surface area contributed by atoms with Gasteiger partial charge in [0.25, 0.3) is 5.78 Å². The quantitative estimate of drug-likeness (QED) is 0.336. The molecule has 0 unspecified atom stereocenters. The van der Waals surface area contributed by atoms with Crippen LogP contribution < -0.4 is 4.74 Å². The van der Waals surface area contributed by atoms with E-state index in [-0.39, 0.29) is 12.2 Å². The van der Waals surface area contributed by atoms with E-state index in [0.29, 0.717) is 5.75 Å². The molecule has 7 heteroatoms. The summed E-state index contributed by atoms with van der Waals surface area (Å²) >= 11 is 0. The van der Waals surface area contributed by atoms with Crippen LogP contribution in [0.4, 0.5) is 0 Å². The van der Waals surface area contributed by atoms with Crippen molar-refractivity contribution in [2.45, 2.75) is 6.92 Å². The van der Waals surface area contributed by atoms with Crippen LogP contribution >= 0.6 is 0 Å². The van der Waals surface area contributed by atoms with E-state index >= 15 is 0 Å². The first kappa shape index (κ1) is 16.2. The molecule has 0 aromatic heterocycles. The van der Waals surface area contributed by atoms with Crippen LogP contribution in [-0.4, -0.2) is 41.1 Å². The van der Waals surface area contributed by atoms with Crippen molar-refractivity contribution in [3.05, 3.63) is 35.9 Å². The molecule has 0 heterocycles. The van der Waals surface area contributed by atoms with E-state index in [4.69, 9.17) is 9.84 Å². The van der Waals surface area contributed by atoms with Crippen molar-refractivity contribution >= 4 is 23.5 Å². The second kappa shape index (κ2) is 7.68. The largest absolute Gasteiger partial charge is 0.507 e. The molecule has 0 saturated heterocycles. The zero-order valence-corrected chi connectivity index (χ0v) is 11.2. The highest BCUT2D eigenvalue weighted by atomic mass is 16.5. The van der Waals surface area contributed by atoms with E-state index in [9.17, 15) is 19.5 Å². The molecule has 21 heavy (non-hydrogen) atoms. The van der Waals surface area contributed by atoms with E-state index in [2.05, 4.69) is 4.74 Å². The van der Waals surface area contributed by atoms with Gasteiger partial charge in [-0.15, -0.1) is 0 Å². The van der Waals surface area contributed by atoms with E-state index < -0.39 is 30.1 Å². The van der Waals surface area contributed by atoms with Gasteiger partial charge in [0.15, 0.2) is 6.61 Å². The highest BCUT2D eigenvalue weighted by Crippen LogP contribution is 2.17. The molecule has 1 rings (SSSR count). The molecule has 0 bridgehead atoms. The van der Waals surface area contributed by atoms with E-state index in [0.717, 1.165) is 6.08 Å². The summed E-state index contributed by atoms with van der Waals surface area (Å²) in [7, 11) is 0. The van der Waals surface area contributed by atoms with Crippen molar-refractivity contribution in [2.24, 2.45) is 0 Å². The normalized spacial score (nSPS) is 10.8. The van der Waals surface area contributed by atoms with Crippen LogP contribution in [0.15, 0.2) is 30.3 Å². The summed E-state index contributed by atoms with van der Waals surface area (Å²) in [5, 5.41) is 18.2. The molecule has 2 N–H and O–H groups in total. The molecule has 0 atom stereocenters. The van der Waals surface area contributed by atoms with Gasteiger partial charge >= 0.3 is 11.9 Å². The van der Waals surface area contributed by atoms with Crippen LogP contribution in [0.5, 0.6) is 5.75 Å². The van der Waals surface area contributed by atoms with Crippen molar-refractivity contribution in [2.75, 3.05) is 13.2 Å². The Kier molecular flexibility index (Phi) is 5.94. The second-order valence-corrected chi connectivity index (χ2v) is 3.82. The zero-order valence-electron chi connectivity index (χ0n) is 11.2. The third kappa shape index (κ3) is 5.35. The van der Waals surface area contributed by atoms with Crippen LogP contribution in [0.25, 0.3) is 5.76 Å². The predicted octanol–water partition coefficient (Wildman–Crippen LogP) is 1.18. The van der Waals surface area contributed by atoms with Crippen LogP contribution in [0.1, 0.15) is 12.5 Å². The first-order valence-corrected chi connectivity index (χ1v) is 6.00. The molecule has 112 valence electrons. The molecular weight excluding hydrogens is 280 g/mol. The Morgan fingerprint density at radius 3 is 2.29 bits per heavy atom. The molecule has 0 radical (unpaired) electrons. The standard InChI is InChI=1S/C14H14O7/c1-2-20-14(19)12(16)7-11(15)9-3-5-10(6-4-9)21-8-13(17)18/h3-7,15H,2,8H2,1H3,(H,17,18). The Balaban J connectivity index is 2.74. The smallest absolute Gasteiger partial charge is 0.379 e. The van der Waals surface area contributed by atoms with Crippen LogP contribution in [0.2, 0.25) is 0 Å². The average molecular weight is 294 g/mol. The Labute approximate surface area is 120 Å². The fourth-order valence-corrected chi connectivity index (χ4v) is 1.34. The highest BCUT2D eigenvalue weighted by molar-refractivity contribution is 6.39. The number of aliphatic hydroxyl groups is 1. The number of rotatable bonds is 7. The van der Waals surface area contributed by atoms with Crippen LogP contribution in [-0.2, 0) is 19.1 Å². The topological polar surface area (TPSA) is 110 Å². The van der Waals surface area contributed by atoms with E-state index in [1.54, 1.807) is 6.92 Å². The highest BCUT2D eigenvalue weighted by Gasteiger charge is 2.13. The maximum absolute atomic E-state index is 11.4. The lowest BCUT2D eigenvalue weighted by Gasteiger charge is -2.04. The second-order valence-electron chi connectivity index (χ2n) is 3.82. The van der Waals surface area contributed by atoms with Gasteiger partial charge in [0.1, 0.15) is 11.5 Å². The van der Waals surface area contributed by atoms with Crippen molar-refractivity contribution in [3.8, 4) is 5.75 Å². The fraction of sp³-hybridized carbons (Fsp3) is 0.214. The molecule has 0 aliphatic rings.